The van der Waals surface area contributed by atoms with Crippen LogP contribution in [-0.2, 0) is 4.79 Å². The molecule has 0 aliphatic carbocycles. The van der Waals surface area contributed by atoms with Crippen LogP contribution in [0.2, 0.25) is 0 Å². The molecule has 1 heterocycles. The molecule has 1 atom stereocenters. The smallest absolute Gasteiger partial charge is 0.150 e. The number of hydrogen-bond donors (Lipinski definition) is 2. The van der Waals surface area contributed by atoms with E-state index in [-0.39, 0.29) is 6.54 Å². The maximum atomic E-state index is 10.4. The topological polar surface area (TPSA) is 75.8 Å². The van der Waals surface area contributed by atoms with Gasteiger partial charge < -0.3 is 25.3 Å². The summed E-state index contributed by atoms with van der Waals surface area (Å²) in [6.07, 6.45) is -0.435. The first-order valence-electron chi connectivity index (χ1n) is 5.11. The van der Waals surface area contributed by atoms with Crippen molar-refractivity contribution in [3.05, 3.63) is 18.2 Å². The molecule has 5 nitrogen and oxygen atoms in total. The van der Waals surface area contributed by atoms with E-state index in [4.69, 9.17) is 10.5 Å². The summed E-state index contributed by atoms with van der Waals surface area (Å²) in [4.78, 5) is 12.3. The number of aldehydes is 1. The number of anilines is 2. The molecule has 3 N–H and O–H groups in total. The van der Waals surface area contributed by atoms with Crippen LogP contribution < -0.4 is 15.4 Å². The van der Waals surface area contributed by atoms with Gasteiger partial charge in [0.2, 0.25) is 0 Å². The molecule has 1 aliphatic heterocycles. The summed E-state index contributed by atoms with van der Waals surface area (Å²) in [5.41, 5.74) is 7.15. The Morgan fingerprint density at radius 2 is 2.44 bits per heavy atom. The zero-order chi connectivity index (χ0) is 11.5. The molecule has 2 rings (SSSR count). The Hall–Kier alpha value is -1.75. The Labute approximate surface area is 93.4 Å². The summed E-state index contributed by atoms with van der Waals surface area (Å²) in [7, 11) is 0. The van der Waals surface area contributed by atoms with E-state index in [0.29, 0.717) is 30.9 Å². The van der Waals surface area contributed by atoms with E-state index in [0.717, 1.165) is 5.69 Å². The van der Waals surface area contributed by atoms with Crippen LogP contribution in [0.4, 0.5) is 11.4 Å². The molecular weight excluding hydrogens is 208 g/mol. The number of hydrogen-bond acceptors (Lipinski definition) is 5. The third kappa shape index (κ3) is 2.09. The number of aliphatic hydroxyl groups excluding tert-OH is 1. The van der Waals surface area contributed by atoms with E-state index in [1.807, 2.05) is 11.0 Å². The third-order valence-corrected chi connectivity index (χ3v) is 2.51. The average Bonchev–Trinajstić information content (AvgIpc) is 2.28. The van der Waals surface area contributed by atoms with Gasteiger partial charge in [-0.2, -0.15) is 0 Å². The molecule has 0 saturated carbocycles. The summed E-state index contributed by atoms with van der Waals surface area (Å²) < 4.78 is 5.46. The molecule has 1 aromatic carbocycles. The number of fused-ring (bicyclic) bond motifs is 1. The lowest BCUT2D eigenvalue weighted by atomic mass is 10.2. The highest BCUT2D eigenvalue weighted by Gasteiger charge is 2.20. The van der Waals surface area contributed by atoms with Crippen molar-refractivity contribution in [3.63, 3.8) is 0 Å². The second-order valence-corrected chi connectivity index (χ2v) is 3.73. The number of aliphatic hydroxyl groups is 1. The van der Waals surface area contributed by atoms with Crippen LogP contribution in [0, 0.1) is 0 Å². The first-order chi connectivity index (χ1) is 7.70. The molecule has 1 aliphatic rings. The fraction of sp³-hybridized carbons (Fsp3) is 0.364. The molecule has 1 unspecified atom stereocenters. The number of rotatable bonds is 3. The highest BCUT2D eigenvalue weighted by molar-refractivity contribution is 5.66. The number of β-amino-alcohol motifs (C(OH)–C–C–N with tert-alkyl or cyclic N) is 1. The lowest BCUT2D eigenvalue weighted by Crippen LogP contribution is -2.38. The van der Waals surface area contributed by atoms with Gasteiger partial charge in [-0.05, 0) is 12.1 Å². The van der Waals surface area contributed by atoms with Gasteiger partial charge >= 0.3 is 0 Å². The van der Waals surface area contributed by atoms with Crippen LogP contribution in [0.15, 0.2) is 18.2 Å². The van der Waals surface area contributed by atoms with E-state index in [9.17, 15) is 9.90 Å². The van der Waals surface area contributed by atoms with Crippen molar-refractivity contribution in [2.75, 3.05) is 30.3 Å². The molecule has 0 saturated heterocycles. The van der Waals surface area contributed by atoms with E-state index < -0.39 is 6.10 Å². The zero-order valence-electron chi connectivity index (χ0n) is 8.80. The zero-order valence-corrected chi connectivity index (χ0v) is 8.80. The minimum absolute atomic E-state index is 0.282. The first-order valence-corrected chi connectivity index (χ1v) is 5.11. The number of benzene rings is 1. The second kappa shape index (κ2) is 4.40. The minimum atomic E-state index is -0.969. The van der Waals surface area contributed by atoms with Crippen LogP contribution >= 0.6 is 0 Å². The summed E-state index contributed by atoms with van der Waals surface area (Å²) in [6, 6.07) is 5.35. The van der Waals surface area contributed by atoms with Crippen LogP contribution in [0.3, 0.4) is 0 Å². The standard InChI is InChI=1S/C11H14N2O3/c12-8-1-2-10-11(5-8)16-4-3-13(10)6-9(15)7-14/h1-2,5,7,9,15H,3-4,6,12H2. The van der Waals surface area contributed by atoms with Gasteiger partial charge in [0.05, 0.1) is 18.8 Å². The van der Waals surface area contributed by atoms with Crippen LogP contribution in [-0.4, -0.2) is 37.2 Å². The summed E-state index contributed by atoms with van der Waals surface area (Å²) in [5, 5.41) is 9.32. The molecule has 1 aromatic rings. The highest BCUT2D eigenvalue weighted by atomic mass is 16.5. The number of nitrogen functional groups attached to an aromatic ring is 1. The van der Waals surface area contributed by atoms with Crippen molar-refractivity contribution >= 4 is 17.7 Å². The van der Waals surface area contributed by atoms with Gasteiger partial charge in [0.1, 0.15) is 24.7 Å². The molecule has 0 spiro atoms. The number of nitrogens with two attached hydrogens (primary N) is 1. The van der Waals surface area contributed by atoms with Crippen LogP contribution in [0.1, 0.15) is 0 Å². The Bertz CT molecular complexity index is 395. The molecule has 0 bridgehead atoms. The Morgan fingerprint density at radius 1 is 1.62 bits per heavy atom. The quantitative estimate of drug-likeness (QED) is 0.557. The maximum absolute atomic E-state index is 10.4. The van der Waals surface area contributed by atoms with Gasteiger partial charge in [-0.1, -0.05) is 0 Å². The third-order valence-electron chi connectivity index (χ3n) is 2.51. The van der Waals surface area contributed by atoms with Crippen molar-refractivity contribution < 1.29 is 14.6 Å². The Balaban J connectivity index is 2.22. The Morgan fingerprint density at radius 3 is 3.19 bits per heavy atom. The average molecular weight is 222 g/mol. The number of carbonyl (C=O) groups excluding carboxylic acids is 1. The monoisotopic (exact) mass is 222 g/mol. The van der Waals surface area contributed by atoms with Crippen LogP contribution in [0.5, 0.6) is 5.75 Å². The summed E-state index contributed by atoms with van der Waals surface area (Å²) >= 11 is 0. The number of nitrogens with zero attached hydrogens (tertiary/aromatic N) is 1. The second-order valence-electron chi connectivity index (χ2n) is 3.73. The van der Waals surface area contributed by atoms with Crippen molar-refractivity contribution in [1.29, 1.82) is 0 Å². The molecule has 0 amide bonds. The molecule has 0 aromatic heterocycles. The van der Waals surface area contributed by atoms with Gasteiger partial charge in [-0.15, -0.1) is 0 Å². The molecule has 0 fully saturated rings. The number of carbonyl (C=O) groups is 1. The van der Waals surface area contributed by atoms with E-state index >= 15 is 0 Å². The SMILES string of the molecule is Nc1ccc2c(c1)OCCN2CC(O)C=O. The fourth-order valence-electron chi connectivity index (χ4n) is 1.75. The molecule has 5 heteroatoms. The van der Waals surface area contributed by atoms with Crippen LogP contribution in [0.25, 0.3) is 0 Å². The van der Waals surface area contributed by atoms with E-state index in [2.05, 4.69) is 0 Å². The molecule has 86 valence electrons. The predicted octanol–water partition coefficient (Wildman–Crippen LogP) is 0.0274. The molecular formula is C11H14N2O3. The maximum Gasteiger partial charge on any atom is 0.150 e. The Kier molecular flexibility index (Phi) is 2.96. The predicted molar refractivity (Wildman–Crippen MR) is 60.6 cm³/mol. The fourth-order valence-corrected chi connectivity index (χ4v) is 1.75. The normalized spacial score (nSPS) is 16.2. The summed E-state index contributed by atoms with van der Waals surface area (Å²) in [5.74, 6) is 0.698. The molecule has 0 radical (unpaired) electrons. The van der Waals surface area contributed by atoms with Gasteiger partial charge in [-0.3, -0.25) is 0 Å². The highest BCUT2D eigenvalue weighted by Crippen LogP contribution is 2.33. The van der Waals surface area contributed by atoms with Crippen molar-refractivity contribution in [3.8, 4) is 5.75 Å². The van der Waals surface area contributed by atoms with E-state index in [1.165, 1.54) is 0 Å². The lowest BCUT2D eigenvalue weighted by Gasteiger charge is -2.31. The van der Waals surface area contributed by atoms with Gasteiger partial charge in [0.15, 0.2) is 0 Å². The first kappa shape index (κ1) is 10.8. The van der Waals surface area contributed by atoms with Gasteiger partial charge in [0, 0.05) is 11.8 Å². The largest absolute Gasteiger partial charge is 0.489 e. The van der Waals surface area contributed by atoms with Gasteiger partial charge in [-0.25, -0.2) is 0 Å². The van der Waals surface area contributed by atoms with Crippen molar-refractivity contribution in [2.45, 2.75) is 6.10 Å². The minimum Gasteiger partial charge on any atom is -0.489 e. The van der Waals surface area contributed by atoms with E-state index in [1.54, 1.807) is 12.1 Å². The van der Waals surface area contributed by atoms with Crippen molar-refractivity contribution in [2.24, 2.45) is 0 Å². The lowest BCUT2D eigenvalue weighted by molar-refractivity contribution is -0.114. The van der Waals surface area contributed by atoms with Gasteiger partial charge in [0.25, 0.3) is 0 Å². The summed E-state index contributed by atoms with van der Waals surface area (Å²) in [6.45, 7) is 1.47. The molecule has 16 heavy (non-hydrogen) atoms. The van der Waals surface area contributed by atoms with Crippen molar-refractivity contribution in [1.82, 2.24) is 0 Å². The number of ether oxygens (including phenoxy) is 1.